The zero-order valence-electron chi connectivity index (χ0n) is 30.1. The van der Waals surface area contributed by atoms with E-state index in [9.17, 15) is 0 Å². The van der Waals surface area contributed by atoms with Crippen LogP contribution < -0.4 is 0 Å². The van der Waals surface area contributed by atoms with E-state index in [4.69, 9.17) is 15.0 Å². The molecule has 2 aliphatic carbocycles. The van der Waals surface area contributed by atoms with Crippen LogP contribution in [0.2, 0.25) is 0 Å². The Morgan fingerprint density at radius 2 is 1.00 bits per heavy atom. The van der Waals surface area contributed by atoms with Gasteiger partial charge in [0.1, 0.15) is 5.82 Å². The fourth-order valence-corrected chi connectivity index (χ4v) is 9.04. The molecular formula is C51H35N3. The number of aromatic nitrogens is 3. The lowest BCUT2D eigenvalue weighted by molar-refractivity contribution is 0.661. The van der Waals surface area contributed by atoms with Crippen LogP contribution in [0.1, 0.15) is 47.8 Å². The smallest absolute Gasteiger partial charge is 0.163 e. The van der Waals surface area contributed by atoms with Crippen LogP contribution in [0, 0.1) is 0 Å². The van der Waals surface area contributed by atoms with Crippen LogP contribution >= 0.6 is 0 Å². The zero-order valence-corrected chi connectivity index (χ0v) is 30.1. The van der Waals surface area contributed by atoms with E-state index in [0.29, 0.717) is 11.6 Å². The van der Waals surface area contributed by atoms with Gasteiger partial charge in [0.15, 0.2) is 11.6 Å². The summed E-state index contributed by atoms with van der Waals surface area (Å²) in [7, 11) is 0. The molecule has 2 aliphatic rings. The van der Waals surface area contributed by atoms with Crippen LogP contribution in [0.15, 0.2) is 170 Å². The molecule has 3 heteroatoms. The molecule has 0 spiro atoms. The Hall–Kier alpha value is -6.71. The third kappa shape index (κ3) is 4.65. The molecule has 0 aliphatic heterocycles. The van der Waals surface area contributed by atoms with Crippen molar-refractivity contribution < 1.29 is 0 Å². The molecule has 11 rings (SSSR count). The van der Waals surface area contributed by atoms with E-state index >= 15 is 0 Å². The number of rotatable bonds is 4. The van der Waals surface area contributed by atoms with E-state index in [1.807, 2.05) is 36.4 Å². The molecule has 254 valence electrons. The van der Waals surface area contributed by atoms with E-state index in [0.717, 1.165) is 17.0 Å². The quantitative estimate of drug-likeness (QED) is 0.185. The van der Waals surface area contributed by atoms with Gasteiger partial charge in [-0.3, -0.25) is 0 Å². The highest BCUT2D eigenvalue weighted by Crippen LogP contribution is 2.53. The average Bonchev–Trinajstić information content (AvgIpc) is 3.67. The van der Waals surface area contributed by atoms with Gasteiger partial charge in [0.25, 0.3) is 0 Å². The minimum atomic E-state index is -0.150. The second-order valence-electron chi connectivity index (χ2n) is 15.2. The Bertz CT molecular complexity index is 2910. The number of nitrogens with zero attached hydrogens (tertiary/aromatic N) is 3. The van der Waals surface area contributed by atoms with E-state index in [1.165, 1.54) is 77.2 Å². The molecule has 0 N–H and O–H groups in total. The van der Waals surface area contributed by atoms with Crippen molar-refractivity contribution in [3.63, 3.8) is 0 Å². The van der Waals surface area contributed by atoms with Crippen LogP contribution in [0.3, 0.4) is 0 Å². The topological polar surface area (TPSA) is 38.7 Å². The molecule has 0 saturated carbocycles. The number of hydrogen-bond acceptors (Lipinski definition) is 3. The van der Waals surface area contributed by atoms with Crippen LogP contribution in [0.25, 0.3) is 77.7 Å². The minimum Gasteiger partial charge on any atom is -0.212 e. The fourth-order valence-electron chi connectivity index (χ4n) is 9.04. The van der Waals surface area contributed by atoms with Gasteiger partial charge in [0.2, 0.25) is 0 Å². The van der Waals surface area contributed by atoms with E-state index < -0.39 is 0 Å². The predicted octanol–water partition coefficient (Wildman–Crippen LogP) is 12.6. The van der Waals surface area contributed by atoms with Crippen molar-refractivity contribution >= 4 is 21.5 Å². The van der Waals surface area contributed by atoms with Crippen molar-refractivity contribution in [2.45, 2.75) is 25.2 Å². The summed E-state index contributed by atoms with van der Waals surface area (Å²) < 4.78 is 0. The fraction of sp³-hybridized carbons (Fsp3) is 0.0784. The van der Waals surface area contributed by atoms with Gasteiger partial charge in [-0.05, 0) is 101 Å². The monoisotopic (exact) mass is 689 g/mol. The standard InChI is InChI=1S/C51H35N3/c1-51(2)44-26-23-31-13-11-12-20-38(31)46(44)40-25-22-37(30-45(40)51)36-21-24-39-41(28-36)42-27-34-18-9-10-19-35(34)29-43(42)47(39)50-53-48(32-14-5-3-6-15-32)52-49(54-50)33-16-7-4-8-17-33/h3-30,47H,1-2H3. The third-order valence-corrected chi connectivity index (χ3v) is 11.8. The van der Waals surface area contributed by atoms with Gasteiger partial charge in [-0.15, -0.1) is 0 Å². The normalized spacial score (nSPS) is 14.8. The molecule has 1 atom stereocenters. The average molecular weight is 690 g/mol. The highest BCUT2D eigenvalue weighted by Gasteiger charge is 2.37. The first-order valence-electron chi connectivity index (χ1n) is 18.7. The zero-order chi connectivity index (χ0) is 36.0. The largest absolute Gasteiger partial charge is 0.212 e. The molecule has 0 saturated heterocycles. The van der Waals surface area contributed by atoms with Crippen molar-refractivity contribution in [1.29, 1.82) is 0 Å². The van der Waals surface area contributed by atoms with Crippen LogP contribution in [-0.4, -0.2) is 15.0 Å². The highest BCUT2D eigenvalue weighted by atomic mass is 15.0. The van der Waals surface area contributed by atoms with Crippen LogP contribution in [0.5, 0.6) is 0 Å². The summed E-state index contributed by atoms with van der Waals surface area (Å²) in [6.07, 6.45) is 0. The van der Waals surface area contributed by atoms with Gasteiger partial charge < -0.3 is 0 Å². The first kappa shape index (κ1) is 30.9. The van der Waals surface area contributed by atoms with E-state index in [2.05, 4.69) is 147 Å². The van der Waals surface area contributed by atoms with Crippen molar-refractivity contribution in [3.05, 3.63) is 198 Å². The molecule has 1 unspecified atom stereocenters. The Labute approximate surface area is 314 Å². The molecule has 54 heavy (non-hydrogen) atoms. The lowest BCUT2D eigenvalue weighted by Gasteiger charge is -2.22. The first-order chi connectivity index (χ1) is 26.5. The van der Waals surface area contributed by atoms with Crippen molar-refractivity contribution in [2.75, 3.05) is 0 Å². The summed E-state index contributed by atoms with van der Waals surface area (Å²) in [6, 6.07) is 61.3. The molecular weight excluding hydrogens is 655 g/mol. The Morgan fingerprint density at radius 3 is 1.72 bits per heavy atom. The molecule has 8 aromatic carbocycles. The minimum absolute atomic E-state index is 0.107. The molecule has 1 aromatic heterocycles. The third-order valence-electron chi connectivity index (χ3n) is 11.8. The lowest BCUT2D eigenvalue weighted by Crippen LogP contribution is -2.15. The molecule has 3 nitrogen and oxygen atoms in total. The van der Waals surface area contributed by atoms with Crippen LogP contribution in [0.4, 0.5) is 0 Å². The van der Waals surface area contributed by atoms with Crippen molar-refractivity contribution in [2.24, 2.45) is 0 Å². The Morgan fingerprint density at radius 1 is 0.407 bits per heavy atom. The highest BCUT2D eigenvalue weighted by molar-refractivity contribution is 6.03. The number of fused-ring (bicyclic) bond motifs is 9. The van der Waals surface area contributed by atoms with Gasteiger partial charge >= 0.3 is 0 Å². The number of hydrogen-bond donors (Lipinski definition) is 0. The summed E-state index contributed by atoms with van der Waals surface area (Å²) in [5.41, 5.74) is 14.7. The predicted molar refractivity (Wildman–Crippen MR) is 222 cm³/mol. The van der Waals surface area contributed by atoms with Gasteiger partial charge in [-0.25, -0.2) is 15.0 Å². The molecule has 1 heterocycles. The summed E-state index contributed by atoms with van der Waals surface area (Å²) >= 11 is 0. The van der Waals surface area contributed by atoms with Crippen molar-refractivity contribution in [1.82, 2.24) is 15.0 Å². The maximum Gasteiger partial charge on any atom is 0.163 e. The molecule has 0 radical (unpaired) electrons. The maximum absolute atomic E-state index is 5.24. The molecule has 0 amide bonds. The van der Waals surface area contributed by atoms with Crippen molar-refractivity contribution in [3.8, 4) is 56.2 Å². The van der Waals surface area contributed by atoms with Gasteiger partial charge in [0.05, 0.1) is 5.92 Å². The summed E-state index contributed by atoms with van der Waals surface area (Å²) in [6.45, 7) is 4.74. The Balaban J connectivity index is 1.10. The molecule has 9 aromatic rings. The number of benzene rings is 8. The maximum atomic E-state index is 5.24. The molecule has 0 fully saturated rings. The van der Waals surface area contributed by atoms with Crippen LogP contribution in [-0.2, 0) is 5.41 Å². The summed E-state index contributed by atoms with van der Waals surface area (Å²) in [5, 5.41) is 5.05. The second-order valence-corrected chi connectivity index (χ2v) is 15.2. The lowest BCUT2D eigenvalue weighted by atomic mass is 9.81. The van der Waals surface area contributed by atoms with Gasteiger partial charge in [0, 0.05) is 16.5 Å². The SMILES string of the molecule is CC1(C)c2cc(-c3ccc4c(c3)-c3cc5ccccc5cc3C4c3nc(-c4ccccc4)nc(-c4ccccc4)n3)ccc2-c2c1ccc1ccccc21. The first-order valence-corrected chi connectivity index (χ1v) is 18.7. The summed E-state index contributed by atoms with van der Waals surface area (Å²) in [5.74, 6) is 1.97. The Kier molecular flexibility index (Phi) is 6.66. The van der Waals surface area contributed by atoms with Gasteiger partial charge in [-0.2, -0.15) is 0 Å². The van der Waals surface area contributed by atoms with E-state index in [-0.39, 0.29) is 11.3 Å². The van der Waals surface area contributed by atoms with Gasteiger partial charge in [-0.1, -0.05) is 159 Å². The summed E-state index contributed by atoms with van der Waals surface area (Å²) in [4.78, 5) is 15.5. The van der Waals surface area contributed by atoms with E-state index in [1.54, 1.807) is 0 Å². The second kappa shape index (κ2) is 11.6. The molecule has 0 bridgehead atoms.